The third-order valence-electron chi connectivity index (χ3n) is 6.16. The molecule has 0 bridgehead atoms. The fourth-order valence-corrected chi connectivity index (χ4v) is 5.49. The van der Waals surface area contributed by atoms with Gasteiger partial charge in [0.05, 0.1) is 10.6 Å². The number of hydrogen-bond donors (Lipinski definition) is 1. The zero-order valence-corrected chi connectivity index (χ0v) is 24.4. The van der Waals surface area contributed by atoms with Gasteiger partial charge in [-0.15, -0.1) is 0 Å². The van der Waals surface area contributed by atoms with Crippen molar-refractivity contribution < 1.29 is 22.4 Å². The Morgan fingerprint density at radius 2 is 1.55 bits per heavy atom. The molecule has 0 fully saturated rings. The second kappa shape index (κ2) is 13.2. The number of rotatable bonds is 11. The van der Waals surface area contributed by atoms with Crippen LogP contribution in [0.1, 0.15) is 32.8 Å². The van der Waals surface area contributed by atoms with E-state index in [1.165, 1.54) is 41.3 Å². The van der Waals surface area contributed by atoms with Crippen molar-refractivity contribution in [2.45, 2.75) is 50.7 Å². The lowest BCUT2D eigenvalue weighted by atomic mass is 10.1. The van der Waals surface area contributed by atoms with Crippen LogP contribution in [0.5, 0.6) is 0 Å². The van der Waals surface area contributed by atoms with Crippen LogP contribution in [0.3, 0.4) is 0 Å². The number of halogens is 2. The minimum atomic E-state index is -4.11. The molecule has 0 saturated heterocycles. The number of nitrogens with one attached hydrogen (secondary N) is 1. The maximum Gasteiger partial charge on any atom is 0.264 e. The Bertz CT molecular complexity index is 1340. The van der Waals surface area contributed by atoms with Gasteiger partial charge >= 0.3 is 0 Å². The van der Waals surface area contributed by atoms with Crippen LogP contribution in [0.15, 0.2) is 83.8 Å². The summed E-state index contributed by atoms with van der Waals surface area (Å²) in [7, 11) is -4.11. The van der Waals surface area contributed by atoms with Crippen LogP contribution in [0.4, 0.5) is 10.1 Å². The molecule has 2 atom stereocenters. The first-order valence-electron chi connectivity index (χ1n) is 12.2. The molecule has 38 heavy (non-hydrogen) atoms. The van der Waals surface area contributed by atoms with Crippen molar-refractivity contribution >= 4 is 50.1 Å². The van der Waals surface area contributed by atoms with E-state index in [0.717, 1.165) is 7.88 Å². The van der Waals surface area contributed by atoms with Crippen molar-refractivity contribution in [2.24, 2.45) is 0 Å². The molecule has 3 aromatic carbocycles. The van der Waals surface area contributed by atoms with Crippen molar-refractivity contribution in [3.8, 4) is 0 Å². The maximum atomic E-state index is 13.8. The zero-order chi connectivity index (χ0) is 27.9. The van der Waals surface area contributed by atoms with Crippen LogP contribution >= 0.6 is 22.6 Å². The fraction of sp³-hybridized carbons (Fsp3) is 0.286. The minimum Gasteiger partial charge on any atom is -0.352 e. The van der Waals surface area contributed by atoms with Crippen LogP contribution < -0.4 is 9.62 Å². The summed E-state index contributed by atoms with van der Waals surface area (Å²) in [5, 5.41) is 2.88. The summed E-state index contributed by atoms with van der Waals surface area (Å²) in [5.74, 6) is -1.35. The fourth-order valence-electron chi connectivity index (χ4n) is 3.69. The van der Waals surface area contributed by atoms with Gasteiger partial charge in [0, 0.05) is 16.2 Å². The van der Waals surface area contributed by atoms with Gasteiger partial charge in [-0.05, 0) is 97.0 Å². The largest absolute Gasteiger partial charge is 0.352 e. The summed E-state index contributed by atoms with van der Waals surface area (Å²) in [5.41, 5.74) is 0.927. The molecule has 0 heterocycles. The maximum absolute atomic E-state index is 13.8. The Hall–Kier alpha value is -2.99. The topological polar surface area (TPSA) is 86.8 Å². The van der Waals surface area contributed by atoms with E-state index in [4.69, 9.17) is 0 Å². The van der Waals surface area contributed by atoms with Crippen molar-refractivity contribution in [3.63, 3.8) is 0 Å². The summed E-state index contributed by atoms with van der Waals surface area (Å²) in [6.07, 6.45) is 0.709. The highest BCUT2D eigenvalue weighted by Gasteiger charge is 2.32. The van der Waals surface area contributed by atoms with Crippen LogP contribution in [0.25, 0.3) is 0 Å². The number of carbonyl (C=O) groups is 2. The first-order valence-corrected chi connectivity index (χ1v) is 14.7. The number of benzene rings is 3. The van der Waals surface area contributed by atoms with E-state index >= 15 is 0 Å². The Labute approximate surface area is 237 Å². The average molecular weight is 652 g/mol. The molecule has 0 radical (unpaired) electrons. The van der Waals surface area contributed by atoms with Crippen LogP contribution in [0.2, 0.25) is 0 Å². The highest BCUT2D eigenvalue weighted by molar-refractivity contribution is 14.1. The SMILES string of the molecule is CC[C@H](C)NC(=O)[C@H](C)N(Cc1ccc(F)cc1)C(=O)CN(c1ccc(I)cc1)S(=O)(=O)c1ccccc1. The number of nitrogens with zero attached hydrogens (tertiary/aromatic N) is 2. The zero-order valence-electron chi connectivity index (χ0n) is 21.5. The number of carbonyl (C=O) groups excluding carboxylic acids is 2. The van der Waals surface area contributed by atoms with Gasteiger partial charge in [0.1, 0.15) is 18.4 Å². The first-order chi connectivity index (χ1) is 18.0. The van der Waals surface area contributed by atoms with Gasteiger partial charge in [-0.3, -0.25) is 13.9 Å². The third kappa shape index (κ3) is 7.53. The van der Waals surface area contributed by atoms with Gasteiger partial charge in [-0.1, -0.05) is 37.3 Å². The van der Waals surface area contributed by atoms with Gasteiger partial charge < -0.3 is 10.2 Å². The average Bonchev–Trinajstić information content (AvgIpc) is 2.91. The number of hydrogen-bond acceptors (Lipinski definition) is 4. The molecule has 0 unspecified atom stereocenters. The van der Waals surface area contributed by atoms with Crippen molar-refractivity contribution in [1.29, 1.82) is 0 Å². The Morgan fingerprint density at radius 1 is 0.947 bits per heavy atom. The lowest BCUT2D eigenvalue weighted by molar-refractivity contribution is -0.139. The molecule has 3 rings (SSSR count). The first kappa shape index (κ1) is 29.6. The lowest BCUT2D eigenvalue weighted by Crippen LogP contribution is -2.52. The molecule has 2 amide bonds. The molecule has 0 aliphatic heterocycles. The molecule has 202 valence electrons. The molecule has 0 aliphatic rings. The molecule has 0 saturated carbocycles. The molecule has 0 aromatic heterocycles. The highest BCUT2D eigenvalue weighted by Crippen LogP contribution is 2.25. The van der Waals surface area contributed by atoms with Crippen molar-refractivity contribution in [2.75, 3.05) is 10.8 Å². The van der Waals surface area contributed by atoms with Crippen LogP contribution in [-0.2, 0) is 26.2 Å². The number of anilines is 1. The van der Waals surface area contributed by atoms with Gasteiger partial charge in [0.2, 0.25) is 11.8 Å². The van der Waals surface area contributed by atoms with E-state index < -0.39 is 34.3 Å². The molecule has 7 nitrogen and oxygen atoms in total. The van der Waals surface area contributed by atoms with E-state index in [2.05, 4.69) is 27.9 Å². The standard InChI is InChI=1S/C28H31FIN3O4S/c1-4-20(2)31-28(35)21(3)32(18-22-10-12-23(29)13-11-22)27(34)19-33(25-16-14-24(30)15-17-25)38(36,37)26-8-6-5-7-9-26/h5-17,20-21H,4,18-19H2,1-3H3,(H,31,35)/t20-,21-/m0/s1. The minimum absolute atomic E-state index is 0.000118. The van der Waals surface area contributed by atoms with Crippen LogP contribution in [0, 0.1) is 9.39 Å². The van der Waals surface area contributed by atoms with Crippen molar-refractivity contribution in [1.82, 2.24) is 10.2 Å². The monoisotopic (exact) mass is 651 g/mol. The molecular weight excluding hydrogens is 620 g/mol. The van der Waals surface area contributed by atoms with E-state index in [9.17, 15) is 22.4 Å². The molecular formula is C28H31FIN3O4S. The highest BCUT2D eigenvalue weighted by atomic mass is 127. The Kier molecular flexibility index (Phi) is 10.3. The molecule has 0 spiro atoms. The Balaban J connectivity index is 2.00. The third-order valence-corrected chi connectivity index (χ3v) is 8.67. The second-order valence-corrected chi connectivity index (χ2v) is 12.1. The van der Waals surface area contributed by atoms with Crippen LogP contribution in [-0.4, -0.2) is 43.8 Å². The van der Waals surface area contributed by atoms with Gasteiger partial charge in [-0.2, -0.15) is 0 Å². The van der Waals surface area contributed by atoms with Gasteiger partial charge in [-0.25, -0.2) is 12.8 Å². The molecule has 3 aromatic rings. The van der Waals surface area contributed by atoms with E-state index in [0.29, 0.717) is 17.7 Å². The molecule has 1 N–H and O–H groups in total. The predicted molar refractivity (Wildman–Crippen MR) is 154 cm³/mol. The smallest absolute Gasteiger partial charge is 0.264 e. The predicted octanol–water partition coefficient (Wildman–Crippen LogP) is 4.96. The Morgan fingerprint density at radius 3 is 2.13 bits per heavy atom. The van der Waals surface area contributed by atoms with Gasteiger partial charge in [0.25, 0.3) is 10.0 Å². The van der Waals surface area contributed by atoms with E-state index in [-0.39, 0.29) is 23.4 Å². The molecule has 10 heteroatoms. The number of sulfonamides is 1. The summed E-state index contributed by atoms with van der Waals surface area (Å²) >= 11 is 2.12. The van der Waals surface area contributed by atoms with E-state index in [1.54, 1.807) is 49.4 Å². The lowest BCUT2D eigenvalue weighted by Gasteiger charge is -2.32. The van der Waals surface area contributed by atoms with E-state index in [1.807, 2.05) is 13.8 Å². The summed E-state index contributed by atoms with van der Waals surface area (Å²) < 4.78 is 42.9. The van der Waals surface area contributed by atoms with Gasteiger partial charge in [0.15, 0.2) is 0 Å². The quantitative estimate of drug-likeness (QED) is 0.297. The normalized spacial score (nSPS) is 12.9. The second-order valence-electron chi connectivity index (χ2n) is 8.94. The van der Waals surface area contributed by atoms with Crippen molar-refractivity contribution in [3.05, 3.63) is 93.8 Å². The molecule has 0 aliphatic carbocycles. The summed E-state index contributed by atoms with van der Waals surface area (Å²) in [6, 6.07) is 19.3. The number of amides is 2. The summed E-state index contributed by atoms with van der Waals surface area (Å²) in [6.45, 7) is 4.87. The summed E-state index contributed by atoms with van der Waals surface area (Å²) in [4.78, 5) is 28.2.